The monoisotopic (exact) mass is 743 g/mol. The van der Waals surface area contributed by atoms with Gasteiger partial charge in [-0.1, -0.05) is 109 Å². The molecule has 0 unspecified atom stereocenters. The summed E-state index contributed by atoms with van der Waals surface area (Å²) >= 11 is 0. The van der Waals surface area contributed by atoms with Gasteiger partial charge in [0.25, 0.3) is 5.91 Å². The van der Waals surface area contributed by atoms with Crippen LogP contribution in [0.4, 0.5) is 15.3 Å². The predicted molar refractivity (Wildman–Crippen MR) is 214 cm³/mol. The Kier molecular flexibility index (Phi) is 18.3. The van der Waals surface area contributed by atoms with E-state index in [2.05, 4.69) is 47.4 Å². The molecule has 3 aromatic rings. The van der Waals surface area contributed by atoms with Gasteiger partial charge in [-0.3, -0.25) is 4.79 Å². The number of rotatable bonds is 20. The molecule has 11 heteroatoms. The van der Waals surface area contributed by atoms with E-state index in [1.807, 2.05) is 42.5 Å². The number of nitrogens with one attached hydrogen (secondary N) is 5. The number of ether oxygens (including phenoxy) is 3. The first-order chi connectivity index (χ1) is 26.4. The molecule has 0 saturated heterocycles. The highest BCUT2D eigenvalue weighted by atomic mass is 16.5. The summed E-state index contributed by atoms with van der Waals surface area (Å²) in [4.78, 5) is 39.5. The number of benzene rings is 3. The van der Waals surface area contributed by atoms with Gasteiger partial charge in [0.1, 0.15) is 0 Å². The fourth-order valence-corrected chi connectivity index (χ4v) is 6.14. The predicted octanol–water partition coefficient (Wildman–Crippen LogP) is 9.13. The van der Waals surface area contributed by atoms with E-state index in [1.165, 1.54) is 0 Å². The van der Waals surface area contributed by atoms with Crippen molar-refractivity contribution in [2.45, 2.75) is 124 Å². The molecule has 0 saturated carbocycles. The van der Waals surface area contributed by atoms with Crippen LogP contribution in [0, 0.1) is 0 Å². The molecule has 54 heavy (non-hydrogen) atoms. The normalized spacial score (nSPS) is 13.2. The lowest BCUT2D eigenvalue weighted by Gasteiger charge is -2.19. The third-order valence-electron chi connectivity index (χ3n) is 9.15. The Morgan fingerprint density at radius 1 is 0.556 bits per heavy atom. The maximum absolute atomic E-state index is 14.0. The minimum atomic E-state index is -0.348. The highest BCUT2D eigenvalue weighted by Crippen LogP contribution is 2.40. The Bertz CT molecular complexity index is 1540. The van der Waals surface area contributed by atoms with Crippen LogP contribution in [0.2, 0.25) is 0 Å². The molecule has 3 aromatic carbocycles. The molecule has 0 aliphatic carbocycles. The molecular formula is C43H61N5O6. The fraction of sp³-hybridized carbons (Fsp3) is 0.512. The van der Waals surface area contributed by atoms with Crippen molar-refractivity contribution in [2.24, 2.45) is 0 Å². The summed E-state index contributed by atoms with van der Waals surface area (Å²) in [7, 11) is 0. The molecule has 0 spiro atoms. The Morgan fingerprint density at radius 2 is 0.981 bits per heavy atom. The molecule has 0 radical (unpaired) electrons. The van der Waals surface area contributed by atoms with E-state index in [9.17, 15) is 14.4 Å². The van der Waals surface area contributed by atoms with Gasteiger partial charge >= 0.3 is 12.1 Å². The Hall–Kier alpha value is -4.93. The number of hydrogen-bond acceptors (Lipinski definition) is 6. The summed E-state index contributed by atoms with van der Waals surface area (Å²) < 4.78 is 19.0. The molecule has 1 aliphatic rings. The van der Waals surface area contributed by atoms with Crippen LogP contribution in [0.3, 0.4) is 0 Å². The number of amides is 5. The second kappa shape index (κ2) is 23.7. The van der Waals surface area contributed by atoms with Crippen LogP contribution >= 0.6 is 0 Å². The van der Waals surface area contributed by atoms with Crippen molar-refractivity contribution in [3.63, 3.8) is 0 Å². The average Bonchev–Trinajstić information content (AvgIpc) is 3.17. The highest BCUT2D eigenvalue weighted by molar-refractivity contribution is 6.05. The summed E-state index contributed by atoms with van der Waals surface area (Å²) in [6.45, 7) is 9.19. The molecule has 4 rings (SSSR count). The first-order valence-electron chi connectivity index (χ1n) is 20.0. The summed E-state index contributed by atoms with van der Waals surface area (Å²) in [6.07, 6.45) is 12.7. The topological polar surface area (TPSA) is 139 Å². The zero-order valence-corrected chi connectivity index (χ0v) is 32.6. The van der Waals surface area contributed by atoms with Gasteiger partial charge in [-0.15, -0.1) is 0 Å². The lowest BCUT2D eigenvalue weighted by molar-refractivity contribution is 0.102. The third kappa shape index (κ3) is 14.8. The first kappa shape index (κ1) is 41.8. The Balaban J connectivity index is 1.58. The minimum absolute atomic E-state index is 0.213. The van der Waals surface area contributed by atoms with Gasteiger partial charge in [0.15, 0.2) is 11.5 Å². The molecule has 4 bridgehead atoms. The molecule has 0 atom stereocenters. The average molecular weight is 744 g/mol. The van der Waals surface area contributed by atoms with Crippen molar-refractivity contribution < 1.29 is 28.6 Å². The van der Waals surface area contributed by atoms with E-state index >= 15 is 0 Å². The van der Waals surface area contributed by atoms with Crippen molar-refractivity contribution in [3.8, 4) is 17.2 Å². The maximum atomic E-state index is 14.0. The van der Waals surface area contributed by atoms with Crippen molar-refractivity contribution in [1.29, 1.82) is 0 Å². The molecule has 1 aliphatic heterocycles. The number of fused-ring (bicyclic) bond motifs is 4. The lowest BCUT2D eigenvalue weighted by Crippen LogP contribution is -2.35. The molecule has 294 valence electrons. The van der Waals surface area contributed by atoms with Crippen LogP contribution in [0.25, 0.3) is 0 Å². The van der Waals surface area contributed by atoms with Crippen molar-refractivity contribution in [1.82, 2.24) is 21.3 Å². The lowest BCUT2D eigenvalue weighted by atomic mass is 10.1. The maximum Gasteiger partial charge on any atom is 0.315 e. The fourth-order valence-electron chi connectivity index (χ4n) is 6.14. The summed E-state index contributed by atoms with van der Waals surface area (Å²) in [5.74, 6) is 1.19. The van der Waals surface area contributed by atoms with E-state index in [4.69, 9.17) is 14.2 Å². The van der Waals surface area contributed by atoms with E-state index in [0.29, 0.717) is 61.4 Å². The molecular weight excluding hydrogens is 683 g/mol. The number of carbonyl (C=O) groups excluding carboxylic acids is 3. The van der Waals surface area contributed by atoms with Crippen LogP contribution in [0.5, 0.6) is 17.2 Å². The summed E-state index contributed by atoms with van der Waals surface area (Å²) in [5.41, 5.74) is 4.26. The van der Waals surface area contributed by atoms with E-state index in [1.54, 1.807) is 12.1 Å². The third-order valence-corrected chi connectivity index (χ3v) is 9.15. The van der Waals surface area contributed by atoms with Crippen molar-refractivity contribution in [3.05, 3.63) is 82.4 Å². The molecule has 1 heterocycles. The van der Waals surface area contributed by atoms with Crippen LogP contribution in [0.1, 0.15) is 130 Å². The smallest absolute Gasteiger partial charge is 0.315 e. The molecule has 11 nitrogen and oxygen atoms in total. The molecule has 5 N–H and O–H groups in total. The highest BCUT2D eigenvalue weighted by Gasteiger charge is 2.20. The minimum Gasteiger partial charge on any atom is -0.490 e. The number of unbranched alkanes of at least 4 members (excludes halogenated alkanes) is 9. The van der Waals surface area contributed by atoms with Gasteiger partial charge in [-0.2, -0.15) is 0 Å². The molecule has 0 fully saturated rings. The van der Waals surface area contributed by atoms with Gasteiger partial charge in [0, 0.05) is 37.4 Å². The van der Waals surface area contributed by atoms with Gasteiger partial charge < -0.3 is 40.8 Å². The van der Waals surface area contributed by atoms with Gasteiger partial charge in [-0.25, -0.2) is 9.59 Å². The van der Waals surface area contributed by atoms with Crippen molar-refractivity contribution in [2.75, 3.05) is 25.1 Å². The van der Waals surface area contributed by atoms with Gasteiger partial charge in [0.05, 0.1) is 19.8 Å². The first-order valence-corrected chi connectivity index (χ1v) is 20.0. The van der Waals surface area contributed by atoms with Crippen molar-refractivity contribution >= 4 is 23.7 Å². The van der Waals surface area contributed by atoms with Gasteiger partial charge in [0.2, 0.25) is 5.75 Å². The molecule has 0 aromatic heterocycles. The number of urea groups is 2. The molecule has 5 amide bonds. The van der Waals surface area contributed by atoms with Gasteiger partial charge in [-0.05, 0) is 65.8 Å². The summed E-state index contributed by atoms with van der Waals surface area (Å²) in [5, 5.41) is 14.6. The van der Waals surface area contributed by atoms with E-state index in [-0.39, 0.29) is 31.1 Å². The zero-order chi connectivity index (χ0) is 38.4. The second-order valence-electron chi connectivity index (χ2n) is 13.9. The SMILES string of the molecule is CCCCCCOc1cc(C(=O)Nc2cc3cc(c2)CNC(=O)NCc2cccc(c2)CNC(=O)NC3)cc(OCCCCCC)c1OCCCCCC. The Labute approximate surface area is 321 Å². The Morgan fingerprint density at radius 3 is 1.44 bits per heavy atom. The number of anilines is 1. The largest absolute Gasteiger partial charge is 0.490 e. The number of hydrogen-bond donors (Lipinski definition) is 5. The van der Waals surface area contributed by atoms with Crippen LogP contribution in [-0.4, -0.2) is 37.8 Å². The van der Waals surface area contributed by atoms with Crippen LogP contribution in [-0.2, 0) is 26.2 Å². The zero-order valence-electron chi connectivity index (χ0n) is 32.6. The van der Waals surface area contributed by atoms with Crippen LogP contribution in [0.15, 0.2) is 54.6 Å². The van der Waals surface area contributed by atoms with E-state index < -0.39 is 0 Å². The quantitative estimate of drug-likeness (QED) is 0.0732. The van der Waals surface area contributed by atoms with E-state index in [0.717, 1.165) is 99.3 Å². The standard InChI is InChI=1S/C43H61N5O6/c1-4-7-10-13-19-52-38-26-36(27-39(53-20-14-11-8-5-2)40(38)54-21-15-12-9-6-3)41(49)48-37-24-34-23-35(25-37)31-47-43(51)45-29-33-18-16-17-32(22-33)28-44-42(50)46-30-34/h16-18,22-27H,4-15,19-21,28-31H2,1-3H3,(H,48,49)(H2,44,46,50)(H2,45,47,51). The van der Waals surface area contributed by atoms with Crippen LogP contribution < -0.4 is 40.8 Å². The number of carbonyl (C=O) groups is 3. The summed E-state index contributed by atoms with van der Waals surface area (Å²) in [6, 6.07) is 16.1. The second-order valence-corrected chi connectivity index (χ2v) is 13.9.